The summed E-state index contributed by atoms with van der Waals surface area (Å²) >= 11 is 0. The molecule has 2 heterocycles. The van der Waals surface area contributed by atoms with Gasteiger partial charge in [-0.05, 0) is 31.5 Å². The third kappa shape index (κ3) is 3.53. The van der Waals surface area contributed by atoms with Crippen LogP contribution in [0.3, 0.4) is 0 Å². The average molecular weight is 329 g/mol. The van der Waals surface area contributed by atoms with Crippen LogP contribution in [0, 0.1) is 6.92 Å². The van der Waals surface area contributed by atoms with Crippen molar-refractivity contribution in [2.24, 2.45) is 0 Å². The molecule has 0 spiro atoms. The van der Waals surface area contributed by atoms with Crippen molar-refractivity contribution in [2.75, 3.05) is 18.1 Å². The molecule has 0 fully saturated rings. The fraction of sp³-hybridized carbons (Fsp3) is 0.375. The Morgan fingerprint density at radius 2 is 2.29 bits per heavy atom. The number of anilines is 1. The fourth-order valence-corrected chi connectivity index (χ4v) is 2.60. The van der Waals surface area contributed by atoms with Gasteiger partial charge >= 0.3 is 0 Å². The lowest BCUT2D eigenvalue weighted by atomic mass is 10.1. The van der Waals surface area contributed by atoms with Gasteiger partial charge in [0.15, 0.2) is 6.61 Å². The summed E-state index contributed by atoms with van der Waals surface area (Å²) in [6.07, 6.45) is 3.04. The number of fused-ring (bicyclic) bond motifs is 1. The van der Waals surface area contributed by atoms with Crippen LogP contribution in [0.25, 0.3) is 0 Å². The van der Waals surface area contributed by atoms with Crippen LogP contribution in [0.15, 0.2) is 30.9 Å². The molecule has 126 valence electrons. The maximum Gasteiger partial charge on any atom is 0.265 e. The van der Waals surface area contributed by atoms with Crippen LogP contribution >= 0.6 is 0 Å². The molecule has 24 heavy (non-hydrogen) atoms. The van der Waals surface area contributed by atoms with E-state index < -0.39 is 0 Å². The number of hydrogen-bond acceptors (Lipinski definition) is 5. The Balaban J connectivity index is 1.65. The number of aryl methyl sites for hydroxylation is 1. The molecule has 0 saturated carbocycles. The van der Waals surface area contributed by atoms with Crippen molar-refractivity contribution in [1.82, 2.24) is 20.1 Å². The van der Waals surface area contributed by atoms with E-state index in [0.717, 1.165) is 5.56 Å². The second kappa shape index (κ2) is 6.69. The molecule has 1 atom stereocenters. The van der Waals surface area contributed by atoms with Crippen molar-refractivity contribution < 1.29 is 14.3 Å². The van der Waals surface area contributed by atoms with Gasteiger partial charge in [0.25, 0.3) is 5.91 Å². The minimum absolute atomic E-state index is 0.0413. The number of nitrogens with zero attached hydrogens (tertiary/aromatic N) is 4. The second-order valence-corrected chi connectivity index (χ2v) is 5.83. The van der Waals surface area contributed by atoms with Gasteiger partial charge < -0.3 is 10.1 Å². The van der Waals surface area contributed by atoms with Gasteiger partial charge in [-0.2, -0.15) is 5.10 Å². The third-order valence-corrected chi connectivity index (χ3v) is 3.69. The fourth-order valence-electron chi connectivity index (χ4n) is 2.60. The van der Waals surface area contributed by atoms with Crippen molar-refractivity contribution in [2.45, 2.75) is 26.4 Å². The van der Waals surface area contributed by atoms with Gasteiger partial charge in [-0.1, -0.05) is 6.07 Å². The molecule has 1 aliphatic rings. The first kappa shape index (κ1) is 16.0. The number of ether oxygens (including phenoxy) is 1. The summed E-state index contributed by atoms with van der Waals surface area (Å²) in [5.41, 5.74) is 1.63. The van der Waals surface area contributed by atoms with E-state index in [-0.39, 0.29) is 31.0 Å². The first-order valence-electron chi connectivity index (χ1n) is 7.68. The van der Waals surface area contributed by atoms with Crippen LogP contribution < -0.4 is 15.0 Å². The minimum atomic E-state index is -0.231. The largest absolute Gasteiger partial charge is 0.482 e. The second-order valence-electron chi connectivity index (χ2n) is 5.83. The van der Waals surface area contributed by atoms with Crippen molar-refractivity contribution in [3.05, 3.63) is 36.4 Å². The van der Waals surface area contributed by atoms with Crippen molar-refractivity contribution in [3.63, 3.8) is 0 Å². The van der Waals surface area contributed by atoms with Crippen LogP contribution in [0.1, 0.15) is 12.5 Å². The molecular weight excluding hydrogens is 310 g/mol. The standard InChI is InChI=1S/C16H19N5O3/c1-11-3-4-14-13(5-11)21(16(23)8-24-14)7-15(22)19-12(2)6-20-10-17-9-18-20/h3-5,9-10,12H,6-8H2,1-2H3,(H,19,22)/t12-/m0/s1. The average Bonchev–Trinajstić information content (AvgIpc) is 3.03. The molecule has 1 aliphatic heterocycles. The van der Waals surface area contributed by atoms with Crippen molar-refractivity contribution in [3.8, 4) is 5.75 Å². The predicted octanol–water partition coefficient (Wildman–Crippen LogP) is 0.517. The summed E-state index contributed by atoms with van der Waals surface area (Å²) in [5.74, 6) is 0.154. The van der Waals surface area contributed by atoms with Crippen LogP contribution in [0.4, 0.5) is 5.69 Å². The SMILES string of the molecule is Cc1ccc2c(c1)N(CC(=O)N[C@@H](C)Cn1cncn1)C(=O)CO2. The van der Waals surface area contributed by atoms with E-state index >= 15 is 0 Å². The summed E-state index contributed by atoms with van der Waals surface area (Å²) in [4.78, 5) is 29.8. The molecule has 1 N–H and O–H groups in total. The van der Waals surface area contributed by atoms with Crippen LogP contribution in [-0.2, 0) is 16.1 Å². The van der Waals surface area contributed by atoms with E-state index in [1.54, 1.807) is 11.0 Å². The smallest absolute Gasteiger partial charge is 0.265 e. The lowest BCUT2D eigenvalue weighted by Gasteiger charge is -2.29. The number of hydrogen-bond donors (Lipinski definition) is 1. The molecule has 0 bridgehead atoms. The molecule has 8 nitrogen and oxygen atoms in total. The van der Waals surface area contributed by atoms with Crippen LogP contribution in [-0.4, -0.2) is 45.8 Å². The zero-order valence-corrected chi connectivity index (χ0v) is 13.6. The Kier molecular flexibility index (Phi) is 4.45. The van der Waals surface area contributed by atoms with Gasteiger partial charge in [0.05, 0.1) is 12.2 Å². The highest BCUT2D eigenvalue weighted by atomic mass is 16.5. The number of carbonyl (C=O) groups excluding carboxylic acids is 2. The normalized spacial score (nSPS) is 14.8. The van der Waals surface area contributed by atoms with Gasteiger partial charge in [0, 0.05) is 6.04 Å². The number of amides is 2. The Morgan fingerprint density at radius 3 is 3.04 bits per heavy atom. The monoisotopic (exact) mass is 329 g/mol. The minimum Gasteiger partial charge on any atom is -0.482 e. The van der Waals surface area contributed by atoms with Gasteiger partial charge in [-0.25, -0.2) is 4.98 Å². The summed E-state index contributed by atoms with van der Waals surface area (Å²) < 4.78 is 7.05. The van der Waals surface area contributed by atoms with Crippen molar-refractivity contribution in [1.29, 1.82) is 0 Å². The Bertz CT molecular complexity index is 744. The Hall–Kier alpha value is -2.90. The summed E-state index contributed by atoms with van der Waals surface area (Å²) in [5, 5.41) is 6.87. The molecule has 1 aromatic heterocycles. The molecule has 0 radical (unpaired) electrons. The van der Waals surface area contributed by atoms with Gasteiger partial charge in [0.2, 0.25) is 5.91 Å². The van der Waals surface area contributed by atoms with E-state index in [1.807, 2.05) is 32.0 Å². The topological polar surface area (TPSA) is 89.4 Å². The van der Waals surface area contributed by atoms with E-state index in [1.165, 1.54) is 11.2 Å². The predicted molar refractivity (Wildman–Crippen MR) is 86.7 cm³/mol. The molecule has 3 rings (SSSR count). The van der Waals surface area contributed by atoms with E-state index in [2.05, 4.69) is 15.4 Å². The molecule has 0 saturated heterocycles. The zero-order valence-electron chi connectivity index (χ0n) is 13.6. The number of benzene rings is 1. The molecule has 0 unspecified atom stereocenters. The van der Waals surface area contributed by atoms with Crippen LogP contribution in [0.5, 0.6) is 5.75 Å². The maximum atomic E-state index is 12.3. The summed E-state index contributed by atoms with van der Waals surface area (Å²) in [7, 11) is 0. The number of carbonyl (C=O) groups is 2. The van der Waals surface area contributed by atoms with Gasteiger partial charge in [0.1, 0.15) is 24.9 Å². The first-order valence-corrected chi connectivity index (χ1v) is 7.68. The van der Waals surface area contributed by atoms with E-state index in [4.69, 9.17) is 4.74 Å². The number of rotatable bonds is 5. The van der Waals surface area contributed by atoms with Gasteiger partial charge in [-0.3, -0.25) is 19.2 Å². The lowest BCUT2D eigenvalue weighted by molar-refractivity contribution is -0.125. The molecule has 2 amide bonds. The molecule has 1 aromatic carbocycles. The quantitative estimate of drug-likeness (QED) is 0.864. The number of nitrogens with one attached hydrogen (secondary N) is 1. The number of aromatic nitrogens is 3. The Labute approximate surface area is 139 Å². The maximum absolute atomic E-state index is 12.3. The first-order chi connectivity index (χ1) is 11.5. The molecule has 8 heteroatoms. The van der Waals surface area contributed by atoms with Crippen molar-refractivity contribution >= 4 is 17.5 Å². The summed E-state index contributed by atoms with van der Waals surface area (Å²) in [6.45, 7) is 4.22. The third-order valence-electron chi connectivity index (χ3n) is 3.69. The van der Waals surface area contributed by atoms with E-state index in [9.17, 15) is 9.59 Å². The van der Waals surface area contributed by atoms with Crippen LogP contribution in [0.2, 0.25) is 0 Å². The lowest BCUT2D eigenvalue weighted by Crippen LogP contribution is -2.47. The highest BCUT2D eigenvalue weighted by Crippen LogP contribution is 2.32. The highest BCUT2D eigenvalue weighted by Gasteiger charge is 2.27. The Morgan fingerprint density at radius 1 is 1.46 bits per heavy atom. The highest BCUT2D eigenvalue weighted by molar-refractivity contribution is 6.02. The molecule has 2 aromatic rings. The van der Waals surface area contributed by atoms with Gasteiger partial charge in [-0.15, -0.1) is 0 Å². The summed E-state index contributed by atoms with van der Waals surface area (Å²) in [6, 6.07) is 5.44. The van der Waals surface area contributed by atoms with E-state index in [0.29, 0.717) is 18.0 Å². The molecule has 0 aliphatic carbocycles. The zero-order chi connectivity index (χ0) is 17.1. The molecular formula is C16H19N5O3.